The van der Waals surface area contributed by atoms with Crippen molar-refractivity contribution in [2.45, 2.75) is 19.3 Å². The number of hydrogen-bond donors (Lipinski definition) is 1. The van der Waals surface area contributed by atoms with E-state index < -0.39 is 10.0 Å². The predicted octanol–water partition coefficient (Wildman–Crippen LogP) is 0.749. The van der Waals surface area contributed by atoms with Crippen LogP contribution in [0, 0.1) is 5.41 Å². The Bertz CT molecular complexity index is 336. The molecule has 0 bridgehead atoms. The Morgan fingerprint density at radius 3 is 2.50 bits per heavy atom. The van der Waals surface area contributed by atoms with E-state index in [1.54, 1.807) is 4.31 Å². The fourth-order valence-electron chi connectivity index (χ4n) is 2.41. The predicted molar refractivity (Wildman–Crippen MR) is 66.3 cm³/mol. The monoisotopic (exact) mass is 265 g/mol. The third-order valence-electron chi connectivity index (χ3n) is 3.60. The Balaban J connectivity index is 2.06. The fraction of sp³-hybridized carbons (Fsp3) is 1.00. The lowest BCUT2D eigenvalue weighted by atomic mass is 9.82. The Labute approximate surface area is 103 Å². The molecule has 2 rings (SSSR count). The summed E-state index contributed by atoms with van der Waals surface area (Å²) in [6.45, 7) is 2.77. The van der Waals surface area contributed by atoms with E-state index in [1.807, 2.05) is 0 Å². The second-order valence-electron chi connectivity index (χ2n) is 4.77. The van der Waals surface area contributed by atoms with E-state index in [0.717, 1.165) is 38.2 Å². The number of sulfonamides is 1. The van der Waals surface area contributed by atoms with Gasteiger partial charge >= 0.3 is 0 Å². The summed E-state index contributed by atoms with van der Waals surface area (Å²) in [5, 5.41) is 0. The molecule has 0 spiro atoms. The average molecular weight is 265 g/mol. The Kier molecular flexibility index (Phi) is 3.83. The highest BCUT2D eigenvalue weighted by molar-refractivity contribution is 7.89. The normalized spacial score (nSPS) is 29.3. The lowest BCUT2D eigenvalue weighted by Gasteiger charge is -2.38. The molecule has 4 nitrogen and oxygen atoms in total. The van der Waals surface area contributed by atoms with E-state index in [2.05, 4.69) is 12.6 Å². The maximum absolute atomic E-state index is 11.8. The molecule has 0 aromatic carbocycles. The van der Waals surface area contributed by atoms with Gasteiger partial charge in [0.1, 0.15) is 0 Å². The van der Waals surface area contributed by atoms with Crippen LogP contribution in [-0.4, -0.2) is 50.5 Å². The summed E-state index contributed by atoms with van der Waals surface area (Å²) < 4.78 is 30.5. The first-order valence-corrected chi connectivity index (χ1v) is 7.99. The van der Waals surface area contributed by atoms with Crippen LogP contribution >= 0.6 is 12.6 Å². The van der Waals surface area contributed by atoms with Crippen LogP contribution in [-0.2, 0) is 14.8 Å². The van der Waals surface area contributed by atoms with Gasteiger partial charge in [0, 0.05) is 26.3 Å². The molecule has 2 fully saturated rings. The topological polar surface area (TPSA) is 46.6 Å². The highest BCUT2D eigenvalue weighted by atomic mass is 32.2. The second-order valence-corrected chi connectivity index (χ2v) is 7.18. The van der Waals surface area contributed by atoms with Gasteiger partial charge in [-0.05, 0) is 30.4 Å². The molecule has 0 aliphatic carbocycles. The van der Waals surface area contributed by atoms with Crippen molar-refractivity contribution in [3.63, 3.8) is 0 Å². The number of nitrogens with zero attached hydrogens (tertiary/aromatic N) is 1. The van der Waals surface area contributed by atoms with Gasteiger partial charge in [0.05, 0.1) is 5.75 Å². The molecule has 0 radical (unpaired) electrons. The molecule has 0 aromatic rings. The first kappa shape index (κ1) is 12.7. The Morgan fingerprint density at radius 1 is 1.31 bits per heavy atom. The average Bonchev–Trinajstić information content (AvgIpc) is 2.60. The molecule has 0 unspecified atom stereocenters. The van der Waals surface area contributed by atoms with E-state index in [9.17, 15) is 8.42 Å². The van der Waals surface area contributed by atoms with Crippen molar-refractivity contribution >= 4 is 22.7 Å². The minimum absolute atomic E-state index is 0.0266. The van der Waals surface area contributed by atoms with Crippen molar-refractivity contribution in [3.05, 3.63) is 0 Å². The number of hydrogen-bond acceptors (Lipinski definition) is 4. The van der Waals surface area contributed by atoms with E-state index in [1.165, 1.54) is 0 Å². The molecular weight excluding hydrogens is 246 g/mol. The van der Waals surface area contributed by atoms with Gasteiger partial charge in [0.15, 0.2) is 0 Å². The lowest BCUT2D eigenvalue weighted by molar-refractivity contribution is 0.0188. The standard InChI is InChI=1S/C10H19NO3S2/c12-16(13)7-1-4-11(16)8-10(9-15)2-5-14-6-3-10/h15H,1-9H2. The van der Waals surface area contributed by atoms with Crippen molar-refractivity contribution in [1.82, 2.24) is 4.31 Å². The van der Waals surface area contributed by atoms with Crippen molar-refractivity contribution in [1.29, 1.82) is 0 Å². The van der Waals surface area contributed by atoms with Gasteiger partial charge in [-0.1, -0.05) is 0 Å². The van der Waals surface area contributed by atoms with Crippen molar-refractivity contribution in [3.8, 4) is 0 Å². The third-order valence-corrected chi connectivity index (χ3v) is 6.18. The zero-order chi connectivity index (χ0) is 11.6. The van der Waals surface area contributed by atoms with E-state index in [4.69, 9.17) is 4.74 Å². The Morgan fingerprint density at radius 2 is 2.00 bits per heavy atom. The van der Waals surface area contributed by atoms with Crippen LogP contribution < -0.4 is 0 Å². The third kappa shape index (κ3) is 2.55. The molecule has 6 heteroatoms. The maximum atomic E-state index is 11.8. The van der Waals surface area contributed by atoms with Crippen LogP contribution in [0.15, 0.2) is 0 Å². The van der Waals surface area contributed by atoms with Gasteiger partial charge in [0.2, 0.25) is 10.0 Å². The smallest absolute Gasteiger partial charge is 0.214 e. The second kappa shape index (κ2) is 4.84. The van der Waals surface area contributed by atoms with Crippen LogP contribution in [0.25, 0.3) is 0 Å². The molecule has 94 valence electrons. The largest absolute Gasteiger partial charge is 0.381 e. The number of ether oxygens (including phenoxy) is 1. The molecule has 0 N–H and O–H groups in total. The van der Waals surface area contributed by atoms with Crippen molar-refractivity contribution in [2.24, 2.45) is 5.41 Å². The number of rotatable bonds is 3. The molecule has 2 aliphatic heterocycles. The van der Waals surface area contributed by atoms with Crippen LogP contribution in [0.2, 0.25) is 0 Å². The van der Waals surface area contributed by atoms with Gasteiger partial charge in [-0.3, -0.25) is 0 Å². The molecule has 16 heavy (non-hydrogen) atoms. The summed E-state index contributed by atoms with van der Waals surface area (Å²) in [6, 6.07) is 0. The molecule has 0 atom stereocenters. The lowest BCUT2D eigenvalue weighted by Crippen LogP contribution is -2.43. The van der Waals surface area contributed by atoms with Crippen LogP contribution in [0.3, 0.4) is 0 Å². The highest BCUT2D eigenvalue weighted by Gasteiger charge is 2.38. The first-order valence-electron chi connectivity index (χ1n) is 5.74. The first-order chi connectivity index (χ1) is 7.58. The molecule has 2 aliphatic rings. The highest BCUT2D eigenvalue weighted by Crippen LogP contribution is 2.34. The molecule has 0 amide bonds. The van der Waals surface area contributed by atoms with Gasteiger partial charge in [-0.15, -0.1) is 0 Å². The summed E-state index contributed by atoms with van der Waals surface area (Å²) in [5.74, 6) is 1.05. The summed E-state index contributed by atoms with van der Waals surface area (Å²) in [7, 11) is -2.98. The van der Waals surface area contributed by atoms with E-state index >= 15 is 0 Å². The molecule has 0 saturated carbocycles. The SMILES string of the molecule is O=S1(=O)CCCN1CC1(CS)CCOCC1. The van der Waals surface area contributed by atoms with Gasteiger partial charge < -0.3 is 4.74 Å². The van der Waals surface area contributed by atoms with Gasteiger partial charge in [-0.25, -0.2) is 12.7 Å². The van der Waals surface area contributed by atoms with Crippen molar-refractivity contribution < 1.29 is 13.2 Å². The minimum Gasteiger partial charge on any atom is -0.381 e. The quantitative estimate of drug-likeness (QED) is 0.766. The van der Waals surface area contributed by atoms with Crippen molar-refractivity contribution in [2.75, 3.05) is 37.8 Å². The molecule has 2 heterocycles. The fourth-order valence-corrected chi connectivity index (χ4v) is 4.46. The minimum atomic E-state index is -2.98. The van der Waals surface area contributed by atoms with E-state index in [0.29, 0.717) is 18.8 Å². The molecule has 0 aromatic heterocycles. The zero-order valence-electron chi connectivity index (χ0n) is 9.39. The van der Waals surface area contributed by atoms with E-state index in [-0.39, 0.29) is 5.41 Å². The Hall–Kier alpha value is 0.220. The summed E-state index contributed by atoms with van der Waals surface area (Å²) in [4.78, 5) is 0. The van der Waals surface area contributed by atoms with Crippen LogP contribution in [0.1, 0.15) is 19.3 Å². The van der Waals surface area contributed by atoms with Gasteiger partial charge in [-0.2, -0.15) is 12.6 Å². The van der Waals surface area contributed by atoms with Crippen LogP contribution in [0.4, 0.5) is 0 Å². The summed E-state index contributed by atoms with van der Waals surface area (Å²) in [5.41, 5.74) is 0.0266. The zero-order valence-corrected chi connectivity index (χ0v) is 11.1. The summed E-state index contributed by atoms with van der Waals surface area (Å²) >= 11 is 4.40. The number of thiol groups is 1. The molecule has 2 saturated heterocycles. The summed E-state index contributed by atoms with van der Waals surface area (Å²) in [6.07, 6.45) is 2.60. The molecular formula is C10H19NO3S2. The van der Waals surface area contributed by atoms with Crippen LogP contribution in [0.5, 0.6) is 0 Å². The van der Waals surface area contributed by atoms with Gasteiger partial charge in [0.25, 0.3) is 0 Å². The maximum Gasteiger partial charge on any atom is 0.214 e.